The van der Waals surface area contributed by atoms with Crippen LogP contribution < -0.4 is 4.74 Å². The van der Waals surface area contributed by atoms with E-state index in [0.717, 1.165) is 54.7 Å². The topological polar surface area (TPSA) is 49.1 Å². The Balaban J connectivity index is 1.40. The first-order valence-electron chi connectivity index (χ1n) is 10.2. The van der Waals surface area contributed by atoms with Crippen molar-refractivity contribution in [1.82, 2.24) is 9.88 Å². The van der Waals surface area contributed by atoms with Crippen molar-refractivity contribution < 1.29 is 4.74 Å². The predicted octanol–water partition coefficient (Wildman–Crippen LogP) is 4.85. The standard InChI is InChI=1S/C25H25N3OS/c1-29-23-9-7-19(8-10-23)12-14-30-25-21(16-26)15-22-18-28(13-11-24(22)27-25)17-20-5-3-2-4-6-20/h2-10,15H,11-14,17-18H2,1H3. The van der Waals surface area contributed by atoms with Gasteiger partial charge in [0.15, 0.2) is 0 Å². The van der Waals surface area contributed by atoms with Gasteiger partial charge in [-0.05, 0) is 41.3 Å². The van der Waals surface area contributed by atoms with Gasteiger partial charge in [-0.2, -0.15) is 5.26 Å². The van der Waals surface area contributed by atoms with Crippen LogP contribution in [0, 0.1) is 11.3 Å². The molecule has 1 aliphatic heterocycles. The molecule has 1 aromatic heterocycles. The zero-order chi connectivity index (χ0) is 20.8. The summed E-state index contributed by atoms with van der Waals surface area (Å²) >= 11 is 1.67. The second kappa shape index (κ2) is 9.80. The van der Waals surface area contributed by atoms with Crippen molar-refractivity contribution in [2.45, 2.75) is 31.0 Å². The van der Waals surface area contributed by atoms with Crippen LogP contribution >= 0.6 is 11.8 Å². The lowest BCUT2D eigenvalue weighted by Crippen LogP contribution is -2.30. The molecule has 30 heavy (non-hydrogen) atoms. The molecular weight excluding hydrogens is 390 g/mol. The number of benzene rings is 2. The molecule has 0 saturated heterocycles. The van der Waals surface area contributed by atoms with E-state index in [-0.39, 0.29) is 0 Å². The molecule has 3 aromatic rings. The van der Waals surface area contributed by atoms with Crippen LogP contribution in [0.1, 0.15) is 27.9 Å². The maximum Gasteiger partial charge on any atom is 0.118 e. The molecule has 0 amide bonds. The average Bonchev–Trinajstić information content (AvgIpc) is 2.80. The third-order valence-electron chi connectivity index (χ3n) is 5.37. The number of rotatable bonds is 7. The minimum Gasteiger partial charge on any atom is -0.497 e. The van der Waals surface area contributed by atoms with E-state index in [0.29, 0.717) is 5.56 Å². The smallest absolute Gasteiger partial charge is 0.118 e. The molecule has 5 heteroatoms. The van der Waals surface area contributed by atoms with E-state index in [4.69, 9.17) is 9.72 Å². The highest BCUT2D eigenvalue weighted by Crippen LogP contribution is 2.27. The Bertz CT molecular complexity index is 1030. The van der Waals surface area contributed by atoms with Gasteiger partial charge < -0.3 is 4.74 Å². The Labute approximate surface area is 182 Å². The summed E-state index contributed by atoms with van der Waals surface area (Å²) in [5, 5.41) is 10.5. The summed E-state index contributed by atoms with van der Waals surface area (Å²) in [5.74, 6) is 1.77. The van der Waals surface area contributed by atoms with Crippen LogP contribution in [0.3, 0.4) is 0 Å². The number of pyridine rings is 1. The Hall–Kier alpha value is -2.81. The Morgan fingerprint density at radius 3 is 2.63 bits per heavy atom. The van der Waals surface area contributed by atoms with Crippen molar-refractivity contribution in [3.8, 4) is 11.8 Å². The number of fused-ring (bicyclic) bond motifs is 1. The first-order valence-corrected chi connectivity index (χ1v) is 11.2. The summed E-state index contributed by atoms with van der Waals surface area (Å²) in [6.07, 6.45) is 1.86. The van der Waals surface area contributed by atoms with Crippen molar-refractivity contribution in [3.05, 3.63) is 88.6 Å². The van der Waals surface area contributed by atoms with E-state index in [9.17, 15) is 5.26 Å². The normalized spacial score (nSPS) is 13.5. The Morgan fingerprint density at radius 2 is 1.90 bits per heavy atom. The number of nitriles is 1. The average molecular weight is 416 g/mol. The van der Waals surface area contributed by atoms with Crippen molar-refractivity contribution in [3.63, 3.8) is 0 Å². The van der Waals surface area contributed by atoms with Gasteiger partial charge in [-0.25, -0.2) is 4.98 Å². The summed E-state index contributed by atoms with van der Waals surface area (Å²) in [5.41, 5.74) is 5.60. The molecular formula is C25H25N3OS. The van der Waals surface area contributed by atoms with Gasteiger partial charge in [0.25, 0.3) is 0 Å². The largest absolute Gasteiger partial charge is 0.497 e. The fraction of sp³-hybridized carbons (Fsp3) is 0.280. The van der Waals surface area contributed by atoms with Gasteiger partial charge >= 0.3 is 0 Å². The quantitative estimate of drug-likeness (QED) is 0.516. The van der Waals surface area contributed by atoms with Crippen LogP contribution in [0.15, 0.2) is 65.7 Å². The summed E-state index contributed by atoms with van der Waals surface area (Å²) < 4.78 is 5.21. The Kier molecular flexibility index (Phi) is 6.68. The van der Waals surface area contributed by atoms with Crippen molar-refractivity contribution >= 4 is 11.8 Å². The molecule has 0 saturated carbocycles. The molecule has 0 bridgehead atoms. The first-order chi connectivity index (χ1) is 14.7. The SMILES string of the molecule is COc1ccc(CCSc2nc3c(cc2C#N)CN(Cc2ccccc2)CC3)cc1. The minimum atomic E-state index is 0.690. The molecule has 152 valence electrons. The number of methoxy groups -OCH3 is 1. The number of thioether (sulfide) groups is 1. The monoisotopic (exact) mass is 415 g/mol. The fourth-order valence-electron chi connectivity index (χ4n) is 3.74. The molecule has 0 aliphatic carbocycles. The lowest BCUT2D eigenvalue weighted by Gasteiger charge is -2.28. The van der Waals surface area contributed by atoms with Crippen molar-refractivity contribution in [1.29, 1.82) is 5.26 Å². The molecule has 0 unspecified atom stereocenters. The number of aryl methyl sites for hydroxylation is 1. The second-order valence-corrected chi connectivity index (χ2v) is 8.54. The zero-order valence-corrected chi connectivity index (χ0v) is 18.0. The summed E-state index contributed by atoms with van der Waals surface area (Å²) in [7, 11) is 1.68. The lowest BCUT2D eigenvalue weighted by atomic mass is 10.0. The molecule has 0 fully saturated rings. The lowest BCUT2D eigenvalue weighted by molar-refractivity contribution is 0.243. The molecule has 0 atom stereocenters. The van der Waals surface area contributed by atoms with E-state index in [1.165, 1.54) is 16.7 Å². The van der Waals surface area contributed by atoms with Gasteiger partial charge in [0, 0.05) is 37.5 Å². The predicted molar refractivity (Wildman–Crippen MR) is 121 cm³/mol. The molecule has 4 nitrogen and oxygen atoms in total. The van der Waals surface area contributed by atoms with E-state index in [1.54, 1.807) is 18.9 Å². The van der Waals surface area contributed by atoms with Crippen LogP contribution in [0.4, 0.5) is 0 Å². The number of nitrogens with zero attached hydrogens (tertiary/aromatic N) is 3. The number of hydrogen-bond donors (Lipinski definition) is 0. The second-order valence-electron chi connectivity index (χ2n) is 7.45. The van der Waals surface area contributed by atoms with Crippen LogP contribution in [-0.2, 0) is 25.9 Å². The van der Waals surface area contributed by atoms with Crippen LogP contribution in [0.2, 0.25) is 0 Å². The van der Waals surface area contributed by atoms with E-state index in [1.807, 2.05) is 18.2 Å². The maximum atomic E-state index is 9.66. The van der Waals surface area contributed by atoms with Gasteiger partial charge in [-0.1, -0.05) is 42.5 Å². The zero-order valence-electron chi connectivity index (χ0n) is 17.2. The highest BCUT2D eigenvalue weighted by atomic mass is 32.2. The first kappa shape index (κ1) is 20.5. The summed E-state index contributed by atoms with van der Waals surface area (Å²) in [6, 6.07) is 23.1. The molecule has 2 heterocycles. The highest BCUT2D eigenvalue weighted by Gasteiger charge is 2.20. The minimum absolute atomic E-state index is 0.690. The number of hydrogen-bond acceptors (Lipinski definition) is 5. The van der Waals surface area contributed by atoms with Gasteiger partial charge in [0.1, 0.15) is 16.8 Å². The third kappa shape index (κ3) is 5.02. The van der Waals surface area contributed by atoms with Crippen molar-refractivity contribution in [2.24, 2.45) is 0 Å². The summed E-state index contributed by atoms with van der Waals surface area (Å²) in [4.78, 5) is 7.31. The molecule has 4 rings (SSSR count). The Morgan fingerprint density at radius 1 is 1.10 bits per heavy atom. The van der Waals surface area contributed by atoms with Gasteiger partial charge in [-0.15, -0.1) is 11.8 Å². The van der Waals surface area contributed by atoms with E-state index in [2.05, 4.69) is 53.4 Å². The van der Waals surface area contributed by atoms with Gasteiger partial charge in [0.2, 0.25) is 0 Å². The number of ether oxygens (including phenoxy) is 1. The van der Waals surface area contributed by atoms with Gasteiger partial charge in [0.05, 0.1) is 12.7 Å². The highest BCUT2D eigenvalue weighted by molar-refractivity contribution is 7.99. The molecule has 0 radical (unpaired) electrons. The summed E-state index contributed by atoms with van der Waals surface area (Å²) in [6.45, 7) is 2.78. The molecule has 0 spiro atoms. The van der Waals surface area contributed by atoms with Crippen LogP contribution in [-0.4, -0.2) is 29.3 Å². The molecule has 0 N–H and O–H groups in total. The third-order valence-corrected chi connectivity index (χ3v) is 6.37. The van der Waals surface area contributed by atoms with Crippen LogP contribution in [0.5, 0.6) is 5.75 Å². The molecule has 2 aromatic carbocycles. The van der Waals surface area contributed by atoms with Crippen LogP contribution in [0.25, 0.3) is 0 Å². The van der Waals surface area contributed by atoms with Crippen molar-refractivity contribution in [2.75, 3.05) is 19.4 Å². The maximum absolute atomic E-state index is 9.66. The van der Waals surface area contributed by atoms with E-state index < -0.39 is 0 Å². The molecule has 1 aliphatic rings. The van der Waals surface area contributed by atoms with Gasteiger partial charge in [-0.3, -0.25) is 4.90 Å². The van der Waals surface area contributed by atoms with E-state index >= 15 is 0 Å². The fourth-order valence-corrected chi connectivity index (χ4v) is 4.70. The number of aromatic nitrogens is 1.